The number of methoxy groups -OCH3 is 1. The molecule has 0 saturated carbocycles. The van der Waals surface area contributed by atoms with E-state index in [-0.39, 0.29) is 23.9 Å². The molecule has 6 rings (SSSR count). The molecule has 1 aliphatic heterocycles. The Morgan fingerprint density at radius 3 is 2.38 bits per heavy atom. The highest BCUT2D eigenvalue weighted by Crippen LogP contribution is 2.31. The van der Waals surface area contributed by atoms with Crippen LogP contribution in [0.5, 0.6) is 5.75 Å². The van der Waals surface area contributed by atoms with Gasteiger partial charge in [0.25, 0.3) is 5.91 Å². The Labute approximate surface area is 254 Å². The zero-order valence-electron chi connectivity index (χ0n) is 22.5. The third kappa shape index (κ3) is 5.06. The van der Waals surface area contributed by atoms with Gasteiger partial charge in [-0.25, -0.2) is 4.79 Å². The Morgan fingerprint density at radius 1 is 0.905 bits per heavy atom. The molecule has 10 heteroatoms. The van der Waals surface area contributed by atoms with Crippen molar-refractivity contribution in [2.45, 2.75) is 13.1 Å². The number of imidazole rings is 1. The molecule has 0 atom stereocenters. The van der Waals surface area contributed by atoms with Crippen LogP contribution in [0.3, 0.4) is 0 Å². The molecule has 0 spiro atoms. The number of halogens is 2. The molecule has 0 unspecified atom stereocenters. The molecule has 2 aromatic heterocycles. The van der Waals surface area contributed by atoms with Crippen molar-refractivity contribution >= 4 is 39.2 Å². The summed E-state index contributed by atoms with van der Waals surface area (Å²) in [6, 6.07) is 24.6. The smallest absolute Gasteiger partial charge is 0.333 e. The minimum Gasteiger partial charge on any atom is -0.497 e. The first-order valence-corrected chi connectivity index (χ1v) is 14.3. The second kappa shape index (κ2) is 11.4. The van der Waals surface area contributed by atoms with Crippen LogP contribution in [0.2, 0.25) is 5.02 Å². The number of rotatable bonds is 6. The van der Waals surface area contributed by atoms with Crippen LogP contribution < -0.4 is 10.4 Å². The molecule has 3 aromatic carbocycles. The van der Waals surface area contributed by atoms with Gasteiger partial charge in [-0.15, -0.1) is 0 Å². The summed E-state index contributed by atoms with van der Waals surface area (Å²) in [4.78, 5) is 47.0. The first-order valence-electron chi connectivity index (χ1n) is 13.1. The standard InChI is InChI=1S/C32H24BrClN4O4/c1-42-24-10-8-23(9-11-24)38-29(27-18-21(13-14-35-27)30(39)20-5-3-2-4-6-20)28-19-36(15-16-37(28)32(38)41)31(40)22-7-12-25(33)26(34)17-22/h2-14,17-18H,15-16,19H2,1H3. The molecule has 0 aliphatic carbocycles. The van der Waals surface area contributed by atoms with E-state index in [0.717, 1.165) is 0 Å². The average Bonchev–Trinajstić information content (AvgIpc) is 3.33. The summed E-state index contributed by atoms with van der Waals surface area (Å²) >= 11 is 9.64. The molecule has 5 aromatic rings. The van der Waals surface area contributed by atoms with Crippen LogP contribution in [-0.4, -0.2) is 44.4 Å². The molecular weight excluding hydrogens is 620 g/mol. The lowest BCUT2D eigenvalue weighted by Crippen LogP contribution is -2.40. The number of carbonyl (C=O) groups is 2. The summed E-state index contributed by atoms with van der Waals surface area (Å²) in [7, 11) is 1.58. The normalized spacial score (nSPS) is 12.6. The van der Waals surface area contributed by atoms with Crippen molar-refractivity contribution in [2.24, 2.45) is 0 Å². The number of fused-ring (bicyclic) bond motifs is 1. The van der Waals surface area contributed by atoms with E-state index in [2.05, 4.69) is 20.9 Å². The fourth-order valence-electron chi connectivity index (χ4n) is 5.14. The molecule has 0 radical (unpaired) electrons. The minimum absolute atomic E-state index is 0.158. The number of nitrogens with zero attached hydrogens (tertiary/aromatic N) is 4. The molecule has 1 amide bonds. The molecule has 3 heterocycles. The predicted molar refractivity (Wildman–Crippen MR) is 164 cm³/mol. The van der Waals surface area contributed by atoms with Crippen molar-refractivity contribution in [1.29, 1.82) is 0 Å². The lowest BCUT2D eigenvalue weighted by molar-refractivity contribution is 0.0710. The zero-order valence-corrected chi connectivity index (χ0v) is 24.8. The molecule has 8 nitrogen and oxygen atoms in total. The first-order chi connectivity index (χ1) is 20.4. The van der Waals surface area contributed by atoms with Gasteiger partial charge >= 0.3 is 5.69 Å². The minimum atomic E-state index is -0.259. The monoisotopic (exact) mass is 642 g/mol. The number of amides is 1. The molecule has 0 bridgehead atoms. The van der Waals surface area contributed by atoms with Gasteiger partial charge in [-0.3, -0.25) is 23.7 Å². The lowest BCUT2D eigenvalue weighted by Gasteiger charge is -2.28. The van der Waals surface area contributed by atoms with Crippen LogP contribution in [0, 0.1) is 0 Å². The number of carbonyl (C=O) groups excluding carboxylic acids is 2. The van der Waals surface area contributed by atoms with Crippen molar-refractivity contribution in [3.05, 3.63) is 133 Å². The topological polar surface area (TPSA) is 86.4 Å². The number of hydrogen-bond donors (Lipinski definition) is 0. The van der Waals surface area contributed by atoms with Crippen LogP contribution >= 0.6 is 27.5 Å². The van der Waals surface area contributed by atoms with Gasteiger partial charge in [0.2, 0.25) is 0 Å². The number of aromatic nitrogens is 3. The third-order valence-corrected chi connectivity index (χ3v) is 8.50. The molecule has 42 heavy (non-hydrogen) atoms. The van der Waals surface area contributed by atoms with Gasteiger partial charge in [0.1, 0.15) is 5.75 Å². The van der Waals surface area contributed by atoms with Gasteiger partial charge in [-0.1, -0.05) is 41.9 Å². The molecule has 0 fully saturated rings. The molecule has 0 saturated heterocycles. The Bertz CT molecular complexity index is 1880. The molecule has 1 aliphatic rings. The van der Waals surface area contributed by atoms with E-state index < -0.39 is 0 Å². The Balaban J connectivity index is 1.48. The van der Waals surface area contributed by atoms with Gasteiger partial charge in [0.05, 0.1) is 41.4 Å². The summed E-state index contributed by atoms with van der Waals surface area (Å²) < 4.78 is 9.27. The van der Waals surface area contributed by atoms with Crippen molar-refractivity contribution in [2.75, 3.05) is 13.7 Å². The summed E-state index contributed by atoms with van der Waals surface area (Å²) in [5, 5.41) is 0.435. The third-order valence-electron chi connectivity index (χ3n) is 7.26. The maximum absolute atomic E-state index is 13.9. The van der Waals surface area contributed by atoms with E-state index in [1.54, 1.807) is 94.1 Å². The predicted octanol–water partition coefficient (Wildman–Crippen LogP) is 6.01. The van der Waals surface area contributed by atoms with Crippen LogP contribution in [0.25, 0.3) is 17.1 Å². The number of ketones is 1. The van der Waals surface area contributed by atoms with Crippen LogP contribution in [-0.2, 0) is 13.1 Å². The fraction of sp³-hybridized carbons (Fsp3) is 0.125. The van der Waals surface area contributed by atoms with Crippen molar-refractivity contribution in [1.82, 2.24) is 19.0 Å². The maximum atomic E-state index is 13.9. The van der Waals surface area contributed by atoms with Crippen molar-refractivity contribution in [3.8, 4) is 22.8 Å². The number of ether oxygens (including phenoxy) is 1. The van der Waals surface area contributed by atoms with Gasteiger partial charge in [0.15, 0.2) is 5.78 Å². The average molecular weight is 644 g/mol. The largest absolute Gasteiger partial charge is 0.497 e. The van der Waals surface area contributed by atoms with Crippen molar-refractivity contribution in [3.63, 3.8) is 0 Å². The fourth-order valence-corrected chi connectivity index (χ4v) is 5.56. The summed E-state index contributed by atoms with van der Waals surface area (Å²) in [6.07, 6.45) is 1.56. The quantitative estimate of drug-likeness (QED) is 0.212. The van der Waals surface area contributed by atoms with Gasteiger partial charge < -0.3 is 9.64 Å². The molecule has 210 valence electrons. The number of hydrogen-bond acceptors (Lipinski definition) is 5. The highest BCUT2D eigenvalue weighted by Gasteiger charge is 2.31. The zero-order chi connectivity index (χ0) is 29.4. The van der Waals surface area contributed by atoms with E-state index in [1.165, 1.54) is 0 Å². The van der Waals surface area contributed by atoms with E-state index in [4.69, 9.17) is 16.3 Å². The van der Waals surface area contributed by atoms with E-state index in [9.17, 15) is 14.4 Å². The SMILES string of the molecule is COc1ccc(-n2c(-c3cc(C(=O)c4ccccc4)ccn3)c3n(c2=O)CCN(C(=O)c2ccc(Br)c(Cl)c2)C3)cc1. The number of pyridine rings is 1. The van der Waals surface area contributed by atoms with Gasteiger partial charge in [0, 0.05) is 40.4 Å². The Kier molecular flexibility index (Phi) is 7.53. The molecule has 0 N–H and O–H groups in total. The van der Waals surface area contributed by atoms with Crippen LogP contribution in [0.15, 0.2) is 100 Å². The summed E-state index contributed by atoms with van der Waals surface area (Å²) in [6.45, 7) is 0.799. The van der Waals surface area contributed by atoms with E-state index in [1.807, 2.05) is 18.2 Å². The van der Waals surface area contributed by atoms with Gasteiger partial charge in [-0.2, -0.15) is 0 Å². The van der Waals surface area contributed by atoms with E-state index >= 15 is 0 Å². The van der Waals surface area contributed by atoms with Crippen LogP contribution in [0.4, 0.5) is 0 Å². The first kappa shape index (κ1) is 27.7. The van der Waals surface area contributed by atoms with Gasteiger partial charge in [-0.05, 0) is 70.5 Å². The summed E-state index contributed by atoms with van der Waals surface area (Å²) in [5.41, 5.74) is 3.36. The summed E-state index contributed by atoms with van der Waals surface area (Å²) in [5.74, 6) is 0.289. The van der Waals surface area contributed by atoms with Crippen molar-refractivity contribution < 1.29 is 14.3 Å². The Hall–Kier alpha value is -4.47. The lowest BCUT2D eigenvalue weighted by atomic mass is 10.0. The highest BCUT2D eigenvalue weighted by atomic mass is 79.9. The van der Waals surface area contributed by atoms with Crippen LogP contribution in [0.1, 0.15) is 32.0 Å². The highest BCUT2D eigenvalue weighted by molar-refractivity contribution is 9.10. The molecular formula is C32H24BrClN4O4. The van der Waals surface area contributed by atoms with E-state index in [0.29, 0.717) is 67.8 Å². The Morgan fingerprint density at radius 2 is 1.67 bits per heavy atom. The second-order valence-electron chi connectivity index (χ2n) is 9.74. The maximum Gasteiger partial charge on any atom is 0.333 e. The second-order valence-corrected chi connectivity index (χ2v) is 11.0. The number of benzene rings is 3.